The monoisotopic (exact) mass is 206 g/mol. The van der Waals surface area contributed by atoms with Crippen molar-refractivity contribution < 1.29 is 9.32 Å². The minimum atomic E-state index is 0.179. The molecule has 1 aromatic rings. The van der Waals surface area contributed by atoms with Crippen LogP contribution in [-0.4, -0.2) is 11.1 Å². The van der Waals surface area contributed by atoms with Crippen LogP contribution in [0.3, 0.4) is 0 Å². The van der Waals surface area contributed by atoms with Gasteiger partial charge in [0.05, 0.1) is 12.7 Å². The molecule has 3 rings (SSSR count). The first-order valence-electron chi connectivity index (χ1n) is 5.50. The summed E-state index contributed by atoms with van der Waals surface area (Å²) in [6.07, 6.45) is 5.12. The van der Waals surface area contributed by atoms with E-state index >= 15 is 0 Å². The molecule has 15 heavy (non-hydrogen) atoms. The van der Waals surface area contributed by atoms with Crippen molar-refractivity contribution in [3.05, 3.63) is 18.0 Å². The molecular weight excluding hydrogens is 192 g/mol. The third-order valence-corrected chi connectivity index (χ3v) is 3.54. The van der Waals surface area contributed by atoms with E-state index in [0.717, 1.165) is 24.7 Å². The van der Waals surface area contributed by atoms with Gasteiger partial charge in [-0.1, -0.05) is 5.16 Å². The lowest BCUT2D eigenvalue weighted by atomic mass is 10.0. The van der Waals surface area contributed by atoms with E-state index in [0.29, 0.717) is 12.3 Å². The molecule has 0 aromatic carbocycles. The average Bonchev–Trinajstić information content (AvgIpc) is 2.75. The van der Waals surface area contributed by atoms with Crippen LogP contribution in [0.1, 0.15) is 25.0 Å². The van der Waals surface area contributed by atoms with Crippen LogP contribution in [0.5, 0.6) is 0 Å². The van der Waals surface area contributed by atoms with Crippen LogP contribution >= 0.6 is 0 Å². The van der Waals surface area contributed by atoms with Crippen LogP contribution in [-0.2, 0) is 11.3 Å². The summed E-state index contributed by atoms with van der Waals surface area (Å²) in [7, 11) is 0. The molecule has 4 heteroatoms. The van der Waals surface area contributed by atoms with Crippen molar-refractivity contribution in [2.75, 3.05) is 0 Å². The Labute approximate surface area is 88.0 Å². The minimum absolute atomic E-state index is 0.179. The number of aromatic nitrogens is 1. The number of carbonyl (C=O) groups is 1. The molecule has 2 unspecified atom stereocenters. The number of nitrogens with zero attached hydrogens (tertiary/aromatic N) is 1. The van der Waals surface area contributed by atoms with Crippen molar-refractivity contribution in [2.24, 2.45) is 17.8 Å². The first-order chi connectivity index (χ1) is 7.33. The van der Waals surface area contributed by atoms with Gasteiger partial charge in [-0.25, -0.2) is 0 Å². The fourth-order valence-electron chi connectivity index (χ4n) is 2.58. The van der Waals surface area contributed by atoms with Gasteiger partial charge in [-0.05, 0) is 31.1 Å². The van der Waals surface area contributed by atoms with Gasteiger partial charge in [0.2, 0.25) is 5.91 Å². The van der Waals surface area contributed by atoms with Gasteiger partial charge < -0.3 is 9.84 Å². The minimum Gasteiger partial charge on any atom is -0.360 e. The summed E-state index contributed by atoms with van der Waals surface area (Å²) in [5.41, 5.74) is 0. The van der Waals surface area contributed by atoms with Crippen molar-refractivity contribution in [1.82, 2.24) is 10.5 Å². The molecule has 4 nitrogen and oxygen atoms in total. The first kappa shape index (κ1) is 8.95. The zero-order chi connectivity index (χ0) is 10.3. The summed E-state index contributed by atoms with van der Waals surface area (Å²) < 4.78 is 4.91. The fraction of sp³-hybridized carbons (Fsp3) is 0.636. The van der Waals surface area contributed by atoms with E-state index in [9.17, 15) is 4.79 Å². The number of rotatable bonds is 3. The van der Waals surface area contributed by atoms with Gasteiger partial charge in [-0.3, -0.25) is 4.79 Å². The van der Waals surface area contributed by atoms with Crippen LogP contribution in [0, 0.1) is 17.8 Å². The molecule has 0 aliphatic heterocycles. The van der Waals surface area contributed by atoms with E-state index in [1.807, 2.05) is 0 Å². The first-order valence-corrected chi connectivity index (χ1v) is 5.50. The van der Waals surface area contributed by atoms with E-state index in [2.05, 4.69) is 10.5 Å². The standard InChI is InChI=1S/C11H14N2O2/c14-11(9-4-7-3-8(7)5-9)12-6-10-1-2-13-15-10/h1-2,7-9H,3-6H2,(H,12,14). The molecule has 80 valence electrons. The molecule has 2 saturated carbocycles. The molecule has 1 heterocycles. The molecule has 0 saturated heterocycles. The van der Waals surface area contributed by atoms with Gasteiger partial charge in [-0.2, -0.15) is 0 Å². The summed E-state index contributed by atoms with van der Waals surface area (Å²) in [6, 6.07) is 1.77. The summed E-state index contributed by atoms with van der Waals surface area (Å²) in [5.74, 6) is 2.85. The Morgan fingerprint density at radius 3 is 2.93 bits per heavy atom. The number of fused-ring (bicyclic) bond motifs is 1. The van der Waals surface area contributed by atoms with Crippen molar-refractivity contribution in [2.45, 2.75) is 25.8 Å². The fourth-order valence-corrected chi connectivity index (χ4v) is 2.58. The highest BCUT2D eigenvalue weighted by Gasteiger charge is 2.47. The second-order valence-electron chi connectivity index (χ2n) is 4.62. The molecule has 1 N–H and O–H groups in total. The van der Waals surface area contributed by atoms with Gasteiger partial charge in [-0.15, -0.1) is 0 Å². The Hall–Kier alpha value is -1.32. The van der Waals surface area contributed by atoms with Crippen LogP contribution in [0.25, 0.3) is 0 Å². The van der Waals surface area contributed by atoms with Crippen LogP contribution < -0.4 is 5.32 Å². The lowest BCUT2D eigenvalue weighted by Crippen LogP contribution is -2.29. The van der Waals surface area contributed by atoms with E-state index < -0.39 is 0 Å². The summed E-state index contributed by atoms with van der Waals surface area (Å²) in [6.45, 7) is 0.463. The quantitative estimate of drug-likeness (QED) is 0.811. The van der Waals surface area contributed by atoms with Crippen molar-refractivity contribution in [3.8, 4) is 0 Å². The van der Waals surface area contributed by atoms with Crippen molar-refractivity contribution in [3.63, 3.8) is 0 Å². The summed E-state index contributed by atoms with van der Waals surface area (Å²) in [4.78, 5) is 11.7. The SMILES string of the molecule is O=C(NCc1ccno1)C1CC2CC2C1. The molecule has 2 aliphatic carbocycles. The highest BCUT2D eigenvalue weighted by atomic mass is 16.5. The predicted molar refractivity (Wildman–Crippen MR) is 52.7 cm³/mol. The van der Waals surface area contributed by atoms with E-state index in [4.69, 9.17) is 4.52 Å². The predicted octanol–water partition coefficient (Wildman–Crippen LogP) is 1.34. The maximum absolute atomic E-state index is 11.7. The van der Waals surface area contributed by atoms with Gasteiger partial charge in [0.1, 0.15) is 0 Å². The van der Waals surface area contributed by atoms with Gasteiger partial charge in [0.25, 0.3) is 0 Å². The molecule has 0 bridgehead atoms. The number of nitrogens with one attached hydrogen (secondary N) is 1. The highest BCUT2D eigenvalue weighted by Crippen LogP contribution is 2.54. The molecule has 1 aromatic heterocycles. The summed E-state index contributed by atoms with van der Waals surface area (Å²) >= 11 is 0. The number of carbonyl (C=O) groups excluding carboxylic acids is 1. The second kappa shape index (κ2) is 3.36. The Kier molecular flexibility index (Phi) is 2.01. The molecule has 2 aliphatic rings. The molecule has 1 amide bonds. The molecule has 0 spiro atoms. The second-order valence-corrected chi connectivity index (χ2v) is 4.62. The van der Waals surface area contributed by atoms with Crippen molar-refractivity contribution in [1.29, 1.82) is 0 Å². The zero-order valence-electron chi connectivity index (χ0n) is 8.48. The normalized spacial score (nSPS) is 32.4. The van der Waals surface area contributed by atoms with Crippen LogP contribution in [0.15, 0.2) is 16.8 Å². The molecule has 2 fully saturated rings. The lowest BCUT2D eigenvalue weighted by molar-refractivity contribution is -0.125. The van der Waals surface area contributed by atoms with Gasteiger partial charge in [0, 0.05) is 12.0 Å². The third-order valence-electron chi connectivity index (χ3n) is 3.54. The number of amides is 1. The van der Waals surface area contributed by atoms with Gasteiger partial charge in [0.15, 0.2) is 5.76 Å². The van der Waals surface area contributed by atoms with E-state index in [1.54, 1.807) is 12.3 Å². The number of hydrogen-bond acceptors (Lipinski definition) is 3. The molecule has 2 atom stereocenters. The van der Waals surface area contributed by atoms with Crippen LogP contribution in [0.2, 0.25) is 0 Å². The maximum atomic E-state index is 11.7. The Morgan fingerprint density at radius 1 is 1.47 bits per heavy atom. The van der Waals surface area contributed by atoms with Gasteiger partial charge >= 0.3 is 0 Å². The third kappa shape index (κ3) is 1.76. The van der Waals surface area contributed by atoms with E-state index in [-0.39, 0.29) is 11.8 Å². The average molecular weight is 206 g/mol. The van der Waals surface area contributed by atoms with E-state index in [1.165, 1.54) is 6.42 Å². The van der Waals surface area contributed by atoms with Crippen molar-refractivity contribution >= 4 is 5.91 Å². The number of hydrogen-bond donors (Lipinski definition) is 1. The Bertz CT molecular complexity index is 351. The molecule has 0 radical (unpaired) electrons. The Balaban J connectivity index is 1.49. The summed E-state index contributed by atoms with van der Waals surface area (Å²) in [5, 5.41) is 6.49. The molecular formula is C11H14N2O2. The largest absolute Gasteiger partial charge is 0.360 e. The highest BCUT2D eigenvalue weighted by molar-refractivity contribution is 5.79. The zero-order valence-corrected chi connectivity index (χ0v) is 8.48. The smallest absolute Gasteiger partial charge is 0.223 e. The topological polar surface area (TPSA) is 55.1 Å². The lowest BCUT2D eigenvalue weighted by Gasteiger charge is -2.10. The maximum Gasteiger partial charge on any atom is 0.223 e. The Morgan fingerprint density at radius 2 is 2.27 bits per heavy atom. The van der Waals surface area contributed by atoms with Crippen LogP contribution in [0.4, 0.5) is 0 Å².